The number of nitrogens with one attached hydrogen (secondary N) is 2. The van der Waals surface area contributed by atoms with Gasteiger partial charge in [-0.15, -0.1) is 0 Å². The van der Waals surface area contributed by atoms with Gasteiger partial charge >= 0.3 is 0 Å². The fraction of sp³-hybridized carbons (Fsp3) is 1.00. The van der Waals surface area contributed by atoms with E-state index in [0.29, 0.717) is 19.6 Å². The fourth-order valence-corrected chi connectivity index (χ4v) is 4.86. The Hall–Kier alpha value is -0.400. The average molecular weight is 573 g/mol. The van der Waals surface area contributed by atoms with Crippen LogP contribution < -0.4 is 33.6 Å². The van der Waals surface area contributed by atoms with Crippen LogP contribution in [0.3, 0.4) is 0 Å². The molecule has 0 spiro atoms. The van der Waals surface area contributed by atoms with Gasteiger partial charge in [0.05, 0.1) is 6.67 Å². The summed E-state index contributed by atoms with van der Waals surface area (Å²) >= 11 is 0. The molecule has 0 aliphatic carbocycles. The number of nitrogens with zero attached hydrogens (tertiary/aromatic N) is 4. The van der Waals surface area contributed by atoms with E-state index in [1.54, 1.807) is 0 Å². The summed E-state index contributed by atoms with van der Waals surface area (Å²) in [5.41, 5.74) is 23.4. The number of nitrogens with two attached hydrogens (primary N) is 4. The van der Waals surface area contributed by atoms with E-state index in [-0.39, 0.29) is 0 Å². The molecule has 0 saturated heterocycles. The lowest BCUT2D eigenvalue weighted by atomic mass is 10.1. The maximum Gasteiger partial charge on any atom is 0.0507 e. The van der Waals surface area contributed by atoms with Gasteiger partial charge in [0.15, 0.2) is 0 Å². The van der Waals surface area contributed by atoms with Crippen LogP contribution in [-0.4, -0.2) is 144 Å². The Labute approximate surface area is 249 Å². The molecule has 0 radical (unpaired) electrons. The first-order valence-corrected chi connectivity index (χ1v) is 16.5. The molecule has 0 fully saturated rings. The van der Waals surface area contributed by atoms with Gasteiger partial charge < -0.3 is 38.5 Å². The number of unbranched alkanes of at least 4 members (excludes halogenated alkanes) is 2. The predicted octanol–water partition coefficient (Wildman–Crippen LogP) is 0.428. The van der Waals surface area contributed by atoms with Crippen molar-refractivity contribution in [1.82, 2.24) is 30.2 Å². The second-order valence-electron chi connectivity index (χ2n) is 12.1. The highest BCUT2D eigenvalue weighted by Gasteiger charge is 2.13. The number of hydrogen-bond donors (Lipinski definition) is 6. The minimum absolute atomic E-state index is 0.674. The van der Waals surface area contributed by atoms with Crippen LogP contribution in [0.1, 0.15) is 59.8 Å². The Morgan fingerprint density at radius 3 is 1.43 bits per heavy atom. The van der Waals surface area contributed by atoms with Gasteiger partial charge in [-0.1, -0.05) is 47.0 Å². The Bertz CT molecular complexity index is 503. The van der Waals surface area contributed by atoms with E-state index >= 15 is 0 Å². The van der Waals surface area contributed by atoms with Crippen LogP contribution in [0.4, 0.5) is 0 Å². The molecule has 0 amide bonds. The predicted molar refractivity (Wildman–Crippen MR) is 176 cm³/mol. The zero-order valence-corrected chi connectivity index (χ0v) is 27.2. The van der Waals surface area contributed by atoms with Gasteiger partial charge in [0.2, 0.25) is 0 Å². The molecular weight excluding hydrogens is 500 g/mol. The molecule has 0 saturated carbocycles. The van der Waals surface area contributed by atoms with Crippen LogP contribution in [0.5, 0.6) is 0 Å². The smallest absolute Gasteiger partial charge is 0.0507 e. The summed E-state index contributed by atoms with van der Waals surface area (Å²) in [4.78, 5) is 10.1. The van der Waals surface area contributed by atoms with Crippen LogP contribution in [0.2, 0.25) is 0 Å². The van der Waals surface area contributed by atoms with E-state index in [0.717, 1.165) is 117 Å². The van der Waals surface area contributed by atoms with Crippen LogP contribution >= 0.6 is 0 Å². The monoisotopic (exact) mass is 573 g/mol. The lowest BCUT2D eigenvalue weighted by molar-refractivity contribution is 0.118. The minimum atomic E-state index is 0.674. The van der Waals surface area contributed by atoms with E-state index in [4.69, 9.17) is 22.9 Å². The highest BCUT2D eigenvalue weighted by Crippen LogP contribution is 2.09. The van der Waals surface area contributed by atoms with Crippen LogP contribution in [0.25, 0.3) is 0 Å². The summed E-state index contributed by atoms with van der Waals surface area (Å²) in [5, 5.41) is 7.17. The third kappa shape index (κ3) is 25.3. The van der Waals surface area contributed by atoms with Crippen molar-refractivity contribution in [1.29, 1.82) is 0 Å². The molecule has 0 aliphatic heterocycles. The van der Waals surface area contributed by atoms with E-state index in [9.17, 15) is 0 Å². The van der Waals surface area contributed by atoms with Gasteiger partial charge in [0, 0.05) is 105 Å². The molecule has 0 aliphatic rings. The van der Waals surface area contributed by atoms with Gasteiger partial charge in [0.1, 0.15) is 0 Å². The molecule has 40 heavy (non-hydrogen) atoms. The highest BCUT2D eigenvalue weighted by atomic mass is 15.3. The molecule has 0 aromatic rings. The SMILES string of the molecule is CC(C)CCCCCN(CCN(CCNCCN)CCNCCN(CCN)CCC(C)C)CN(CCN)CCN. The Balaban J connectivity index is 4.86. The van der Waals surface area contributed by atoms with Crippen molar-refractivity contribution in [3.8, 4) is 0 Å². The first-order chi connectivity index (χ1) is 19.4. The van der Waals surface area contributed by atoms with E-state index in [1.807, 2.05) is 0 Å². The fourth-order valence-electron chi connectivity index (χ4n) is 4.86. The second-order valence-corrected chi connectivity index (χ2v) is 12.1. The molecule has 0 aromatic carbocycles. The van der Waals surface area contributed by atoms with Crippen molar-refractivity contribution in [2.75, 3.05) is 124 Å². The topological polar surface area (TPSA) is 141 Å². The van der Waals surface area contributed by atoms with Crippen molar-refractivity contribution >= 4 is 0 Å². The summed E-state index contributed by atoms with van der Waals surface area (Å²) in [7, 11) is 0. The third-order valence-corrected chi connectivity index (χ3v) is 7.38. The number of hydrogen-bond acceptors (Lipinski definition) is 10. The zero-order valence-electron chi connectivity index (χ0n) is 27.2. The summed E-state index contributed by atoms with van der Waals surface area (Å²) in [6.45, 7) is 27.1. The molecule has 242 valence electrons. The van der Waals surface area contributed by atoms with E-state index in [1.165, 1.54) is 32.1 Å². The Morgan fingerprint density at radius 2 is 0.900 bits per heavy atom. The van der Waals surface area contributed by atoms with Gasteiger partial charge in [-0.2, -0.15) is 0 Å². The van der Waals surface area contributed by atoms with Crippen LogP contribution in [-0.2, 0) is 0 Å². The first kappa shape index (κ1) is 39.6. The lowest BCUT2D eigenvalue weighted by Crippen LogP contribution is -2.47. The standard InChI is InChI=1S/C30H72N10/c1-29(2)8-6-5-7-18-39(28-40(21-12-33)22-13-34)27-26-38(24-15-35-14-10-31)25-17-36-16-23-37(20-11-32)19-9-30(3)4/h29-30,35-36H,5-28,31-34H2,1-4H3. The third-order valence-electron chi connectivity index (χ3n) is 7.38. The maximum absolute atomic E-state index is 5.91. The molecular formula is C30H72N10. The molecule has 0 rings (SSSR count). The maximum atomic E-state index is 5.91. The lowest BCUT2D eigenvalue weighted by Gasteiger charge is -2.32. The van der Waals surface area contributed by atoms with Crippen molar-refractivity contribution in [2.24, 2.45) is 34.8 Å². The molecule has 0 aromatic heterocycles. The molecule has 10 N–H and O–H groups in total. The molecule has 0 bridgehead atoms. The second kappa shape index (κ2) is 28.7. The first-order valence-electron chi connectivity index (χ1n) is 16.5. The Morgan fingerprint density at radius 1 is 0.425 bits per heavy atom. The van der Waals surface area contributed by atoms with Crippen molar-refractivity contribution in [2.45, 2.75) is 59.8 Å². The normalized spacial score (nSPS) is 12.4. The molecule has 0 unspecified atom stereocenters. The van der Waals surface area contributed by atoms with Gasteiger partial charge in [-0.3, -0.25) is 14.7 Å². The summed E-state index contributed by atoms with van der Waals surface area (Å²) in [6, 6.07) is 0. The van der Waals surface area contributed by atoms with Gasteiger partial charge in [0.25, 0.3) is 0 Å². The van der Waals surface area contributed by atoms with E-state index in [2.05, 4.69) is 57.9 Å². The van der Waals surface area contributed by atoms with Crippen molar-refractivity contribution in [3.05, 3.63) is 0 Å². The van der Waals surface area contributed by atoms with Gasteiger partial charge in [-0.05, 0) is 37.8 Å². The van der Waals surface area contributed by atoms with Crippen molar-refractivity contribution in [3.63, 3.8) is 0 Å². The Kier molecular flexibility index (Phi) is 28.4. The average Bonchev–Trinajstić information content (AvgIpc) is 2.91. The largest absolute Gasteiger partial charge is 0.329 e. The molecule has 10 heteroatoms. The molecule has 10 nitrogen and oxygen atoms in total. The summed E-state index contributed by atoms with van der Waals surface area (Å²) in [5.74, 6) is 1.52. The zero-order chi connectivity index (χ0) is 29.8. The van der Waals surface area contributed by atoms with E-state index < -0.39 is 0 Å². The summed E-state index contributed by atoms with van der Waals surface area (Å²) < 4.78 is 0. The van der Waals surface area contributed by atoms with Crippen LogP contribution in [0.15, 0.2) is 0 Å². The van der Waals surface area contributed by atoms with Crippen molar-refractivity contribution < 1.29 is 0 Å². The van der Waals surface area contributed by atoms with Crippen LogP contribution in [0, 0.1) is 11.8 Å². The minimum Gasteiger partial charge on any atom is -0.329 e. The summed E-state index contributed by atoms with van der Waals surface area (Å²) in [6.07, 6.45) is 6.43. The highest BCUT2D eigenvalue weighted by molar-refractivity contribution is 4.69. The molecule has 0 heterocycles. The van der Waals surface area contributed by atoms with Gasteiger partial charge in [-0.25, -0.2) is 0 Å². The molecule has 0 atom stereocenters. The number of rotatable bonds is 31. The quantitative estimate of drug-likeness (QED) is 0.0512.